The third kappa shape index (κ3) is 3.73. The lowest BCUT2D eigenvalue weighted by Gasteiger charge is -2.47. The van der Waals surface area contributed by atoms with E-state index in [1.807, 2.05) is 11.3 Å². The van der Waals surface area contributed by atoms with E-state index in [9.17, 15) is 15.0 Å². The maximum Gasteiger partial charge on any atom is 0.252 e. The van der Waals surface area contributed by atoms with Crippen molar-refractivity contribution in [1.82, 2.24) is 10.2 Å². The molecule has 6 nitrogen and oxygen atoms in total. The second-order valence-corrected chi connectivity index (χ2v) is 11.1. The predicted molar refractivity (Wildman–Crippen MR) is 116 cm³/mol. The van der Waals surface area contributed by atoms with Crippen molar-refractivity contribution >= 4 is 17.2 Å². The third-order valence-electron chi connectivity index (χ3n) is 7.73. The first kappa shape index (κ1) is 20.9. The van der Waals surface area contributed by atoms with Gasteiger partial charge in [0.2, 0.25) is 0 Å². The molecule has 1 saturated heterocycles. The summed E-state index contributed by atoms with van der Waals surface area (Å²) in [5, 5.41) is 22.5. The molecule has 2 aliphatic heterocycles. The number of carbonyl (C=O) groups is 1. The van der Waals surface area contributed by atoms with E-state index in [0.29, 0.717) is 5.92 Å². The van der Waals surface area contributed by atoms with Gasteiger partial charge in [0, 0.05) is 54.7 Å². The lowest BCUT2D eigenvalue weighted by Crippen LogP contribution is -2.61. The molecule has 0 aromatic carbocycles. The number of aliphatic hydroxyl groups is 2. The second-order valence-electron chi connectivity index (χ2n) is 9.90. The smallest absolute Gasteiger partial charge is 0.252 e. The van der Waals surface area contributed by atoms with Crippen LogP contribution in [-0.2, 0) is 28.0 Å². The summed E-state index contributed by atoms with van der Waals surface area (Å²) in [4.78, 5) is 17.8. The molecule has 0 radical (unpaired) electrons. The highest BCUT2D eigenvalue weighted by molar-refractivity contribution is 7.12. The highest BCUT2D eigenvalue weighted by atomic mass is 32.1. The van der Waals surface area contributed by atoms with Crippen molar-refractivity contribution in [3.05, 3.63) is 21.4 Å². The van der Waals surface area contributed by atoms with Crippen LogP contribution in [0.3, 0.4) is 0 Å². The molecule has 30 heavy (non-hydrogen) atoms. The van der Waals surface area contributed by atoms with Gasteiger partial charge in [-0.3, -0.25) is 4.79 Å². The van der Waals surface area contributed by atoms with E-state index in [-0.39, 0.29) is 30.4 Å². The van der Waals surface area contributed by atoms with Crippen molar-refractivity contribution in [2.75, 3.05) is 26.2 Å². The molecule has 5 rings (SSSR count). The minimum absolute atomic E-state index is 0.0626. The maximum absolute atomic E-state index is 12.2. The van der Waals surface area contributed by atoms with Gasteiger partial charge >= 0.3 is 0 Å². The number of piperidine rings is 1. The van der Waals surface area contributed by atoms with Crippen molar-refractivity contribution in [3.8, 4) is 0 Å². The molecule has 7 heteroatoms. The zero-order valence-corrected chi connectivity index (χ0v) is 18.7. The molecule has 3 fully saturated rings. The fourth-order valence-electron chi connectivity index (χ4n) is 5.75. The monoisotopic (exact) mass is 434 g/mol. The lowest BCUT2D eigenvalue weighted by atomic mass is 9.75. The van der Waals surface area contributed by atoms with Crippen LogP contribution < -0.4 is 5.32 Å². The van der Waals surface area contributed by atoms with Gasteiger partial charge in [-0.15, -0.1) is 11.3 Å². The van der Waals surface area contributed by atoms with E-state index in [4.69, 9.17) is 4.74 Å². The summed E-state index contributed by atoms with van der Waals surface area (Å²) in [7, 11) is 0. The van der Waals surface area contributed by atoms with Gasteiger partial charge in [0.1, 0.15) is 5.60 Å². The molecule has 0 bridgehead atoms. The van der Waals surface area contributed by atoms with Crippen LogP contribution in [0.2, 0.25) is 0 Å². The number of nitrogens with one attached hydrogen (secondary N) is 1. The zero-order valence-electron chi connectivity index (χ0n) is 17.9. The molecule has 0 unspecified atom stereocenters. The van der Waals surface area contributed by atoms with Crippen LogP contribution in [0.4, 0.5) is 0 Å². The highest BCUT2D eigenvalue weighted by Gasteiger charge is 2.49. The Morgan fingerprint density at radius 3 is 2.73 bits per heavy atom. The Morgan fingerprint density at radius 2 is 2.07 bits per heavy atom. The number of thiophene rings is 1. The average molecular weight is 435 g/mol. The van der Waals surface area contributed by atoms with Gasteiger partial charge < -0.3 is 25.2 Å². The van der Waals surface area contributed by atoms with Gasteiger partial charge in [0.15, 0.2) is 0 Å². The molecule has 0 atom stereocenters. The van der Waals surface area contributed by atoms with Crippen molar-refractivity contribution in [2.24, 2.45) is 5.92 Å². The van der Waals surface area contributed by atoms with E-state index < -0.39 is 11.7 Å². The molecule has 166 valence electrons. The van der Waals surface area contributed by atoms with Crippen LogP contribution in [0.25, 0.3) is 0 Å². The molecular formula is C23H34N2O4S. The zero-order chi connectivity index (χ0) is 20.9. The van der Waals surface area contributed by atoms with Crippen LogP contribution in [-0.4, -0.2) is 65.0 Å². The number of hydrogen-bond donors (Lipinski definition) is 3. The minimum Gasteiger partial charge on any atom is -0.393 e. The Balaban J connectivity index is 1.08. The summed E-state index contributed by atoms with van der Waals surface area (Å²) in [5.41, 5.74) is 0.0669. The third-order valence-corrected chi connectivity index (χ3v) is 9.07. The molecule has 1 amide bonds. The van der Waals surface area contributed by atoms with Crippen molar-refractivity contribution in [1.29, 1.82) is 0 Å². The van der Waals surface area contributed by atoms with Gasteiger partial charge in [0.25, 0.3) is 5.91 Å². The standard InChI is InChI=1S/C23H34N2O4S/c1-2-18-11-19-20(30-18)3-8-29-23(19)4-6-25(7-5-23)14-15-9-16(10-15)24-21(27)22(28)12-17(26)13-22/h11,15-17,26,28H,2-10,12-14H2,1H3,(H,24,27). The van der Waals surface area contributed by atoms with Gasteiger partial charge in [-0.2, -0.15) is 0 Å². The molecule has 2 saturated carbocycles. The Bertz CT molecular complexity index is 789. The number of rotatable bonds is 5. The SMILES string of the molecule is CCc1cc2c(s1)CCOC21CCN(CC2CC(NC(=O)C3(O)CC(O)C3)C2)CC1. The van der Waals surface area contributed by atoms with Crippen molar-refractivity contribution in [3.63, 3.8) is 0 Å². The fourth-order valence-corrected chi connectivity index (χ4v) is 6.93. The number of carbonyl (C=O) groups excluding carboxylic acids is 1. The first-order valence-electron chi connectivity index (χ1n) is 11.6. The summed E-state index contributed by atoms with van der Waals surface area (Å²) in [6.45, 7) is 6.31. The molecule has 2 aliphatic carbocycles. The second kappa shape index (κ2) is 7.85. The van der Waals surface area contributed by atoms with Gasteiger partial charge in [-0.25, -0.2) is 0 Å². The Kier molecular flexibility index (Phi) is 5.47. The van der Waals surface area contributed by atoms with Gasteiger partial charge in [0.05, 0.1) is 18.3 Å². The first-order chi connectivity index (χ1) is 14.4. The summed E-state index contributed by atoms with van der Waals surface area (Å²) in [5.74, 6) is 0.310. The van der Waals surface area contributed by atoms with Crippen LogP contribution in [0, 0.1) is 5.92 Å². The largest absolute Gasteiger partial charge is 0.393 e. The van der Waals surface area contributed by atoms with Crippen molar-refractivity contribution in [2.45, 2.75) is 81.6 Å². The topological polar surface area (TPSA) is 82.0 Å². The number of aliphatic hydroxyl groups excluding tert-OH is 1. The normalized spacial score (nSPS) is 35.4. The average Bonchev–Trinajstić information content (AvgIpc) is 3.12. The number of aryl methyl sites for hydroxylation is 1. The van der Waals surface area contributed by atoms with Gasteiger partial charge in [-0.05, 0) is 49.7 Å². The quantitative estimate of drug-likeness (QED) is 0.660. The molecule has 1 aromatic heterocycles. The van der Waals surface area contributed by atoms with E-state index in [1.54, 1.807) is 4.88 Å². The Labute approximate surface area is 182 Å². The summed E-state index contributed by atoms with van der Waals surface area (Å²) >= 11 is 1.98. The number of hydrogen-bond acceptors (Lipinski definition) is 6. The van der Waals surface area contributed by atoms with Gasteiger partial charge in [-0.1, -0.05) is 6.92 Å². The van der Waals surface area contributed by atoms with Crippen molar-refractivity contribution < 1.29 is 19.7 Å². The Hall–Kier alpha value is -0.990. The van der Waals surface area contributed by atoms with E-state index in [0.717, 1.165) is 64.8 Å². The maximum atomic E-state index is 12.2. The van der Waals surface area contributed by atoms with E-state index in [1.165, 1.54) is 10.4 Å². The summed E-state index contributed by atoms with van der Waals surface area (Å²) < 4.78 is 6.39. The summed E-state index contributed by atoms with van der Waals surface area (Å²) in [6, 6.07) is 2.58. The van der Waals surface area contributed by atoms with E-state index in [2.05, 4.69) is 23.2 Å². The molecule has 1 aromatic rings. The Morgan fingerprint density at radius 1 is 1.33 bits per heavy atom. The molecular weight excluding hydrogens is 400 g/mol. The van der Waals surface area contributed by atoms with E-state index >= 15 is 0 Å². The number of amides is 1. The lowest BCUT2D eigenvalue weighted by molar-refractivity contribution is -0.164. The fraction of sp³-hybridized carbons (Fsp3) is 0.783. The summed E-state index contributed by atoms with van der Waals surface area (Å²) in [6.07, 6.45) is 6.07. The number of nitrogens with zero attached hydrogens (tertiary/aromatic N) is 1. The molecule has 1 spiro atoms. The minimum atomic E-state index is -1.34. The number of ether oxygens (including phenoxy) is 1. The van der Waals surface area contributed by atoms with Crippen LogP contribution in [0.1, 0.15) is 60.8 Å². The highest BCUT2D eigenvalue weighted by Crippen LogP contribution is 2.45. The first-order valence-corrected chi connectivity index (χ1v) is 12.4. The molecule has 4 aliphatic rings. The number of likely N-dealkylation sites (tertiary alicyclic amines) is 1. The van der Waals surface area contributed by atoms with Crippen LogP contribution in [0.5, 0.6) is 0 Å². The predicted octanol–water partition coefficient (Wildman–Crippen LogP) is 1.95. The molecule has 3 heterocycles. The van der Waals surface area contributed by atoms with Crippen LogP contribution in [0.15, 0.2) is 6.07 Å². The van der Waals surface area contributed by atoms with Crippen LogP contribution >= 0.6 is 11.3 Å². The molecule has 3 N–H and O–H groups in total. The number of fused-ring (bicyclic) bond motifs is 2.